The van der Waals surface area contributed by atoms with E-state index in [1.54, 1.807) is 43.8 Å². The number of halogens is 1. The topological polar surface area (TPSA) is 88.8 Å². The maximum Gasteiger partial charge on any atom is 0.412 e. The normalized spacial score (nSPS) is 13.0. The molecule has 1 aliphatic carbocycles. The average Bonchev–Trinajstić information content (AvgIpc) is 3.59. The van der Waals surface area contributed by atoms with Crippen LogP contribution in [0.1, 0.15) is 28.8 Å². The molecular weight excluding hydrogens is 449 g/mol. The SMILES string of the molecule is COC(=O)Nc1ccc(-c2cnc3c(CC4CC4)cc(C(=O)N(C)c4ccc(F)cc4)cn23)cn1. The van der Waals surface area contributed by atoms with E-state index in [2.05, 4.69) is 20.0 Å². The highest BCUT2D eigenvalue weighted by Crippen LogP contribution is 2.35. The number of benzene rings is 1. The Morgan fingerprint density at radius 3 is 2.57 bits per heavy atom. The maximum absolute atomic E-state index is 13.4. The summed E-state index contributed by atoms with van der Waals surface area (Å²) in [5, 5.41) is 2.53. The van der Waals surface area contributed by atoms with Crippen molar-refractivity contribution in [2.24, 2.45) is 5.92 Å². The van der Waals surface area contributed by atoms with Gasteiger partial charge in [-0.2, -0.15) is 0 Å². The number of carbonyl (C=O) groups excluding carboxylic acids is 2. The van der Waals surface area contributed by atoms with Crippen LogP contribution in [0.3, 0.4) is 0 Å². The number of carbonyl (C=O) groups is 2. The van der Waals surface area contributed by atoms with Gasteiger partial charge in [-0.25, -0.2) is 19.2 Å². The molecule has 0 atom stereocenters. The van der Waals surface area contributed by atoms with Crippen molar-refractivity contribution in [3.8, 4) is 11.3 Å². The minimum Gasteiger partial charge on any atom is -0.453 e. The number of amides is 2. The molecule has 5 rings (SSSR count). The lowest BCUT2D eigenvalue weighted by molar-refractivity contribution is 0.0992. The number of hydrogen-bond acceptors (Lipinski definition) is 5. The molecule has 0 radical (unpaired) electrons. The Bertz CT molecular complexity index is 1400. The van der Waals surface area contributed by atoms with Gasteiger partial charge in [-0.1, -0.05) is 0 Å². The fourth-order valence-corrected chi connectivity index (χ4v) is 4.02. The van der Waals surface area contributed by atoms with Crippen molar-refractivity contribution in [2.75, 3.05) is 24.4 Å². The van der Waals surface area contributed by atoms with E-state index in [0.29, 0.717) is 23.0 Å². The highest BCUT2D eigenvalue weighted by molar-refractivity contribution is 6.06. The molecule has 1 fully saturated rings. The van der Waals surface area contributed by atoms with Crippen LogP contribution in [0.4, 0.5) is 20.7 Å². The molecule has 35 heavy (non-hydrogen) atoms. The van der Waals surface area contributed by atoms with Crippen LogP contribution in [-0.4, -0.2) is 40.5 Å². The summed E-state index contributed by atoms with van der Waals surface area (Å²) in [6, 6.07) is 11.2. The van der Waals surface area contributed by atoms with Crippen LogP contribution < -0.4 is 10.2 Å². The summed E-state index contributed by atoms with van der Waals surface area (Å²) in [7, 11) is 2.96. The van der Waals surface area contributed by atoms with E-state index in [-0.39, 0.29) is 11.7 Å². The number of ether oxygens (including phenoxy) is 1. The molecule has 1 aromatic carbocycles. The number of methoxy groups -OCH3 is 1. The maximum atomic E-state index is 13.4. The minimum atomic E-state index is -0.599. The first kappa shape index (κ1) is 22.5. The molecule has 0 bridgehead atoms. The van der Waals surface area contributed by atoms with E-state index in [9.17, 15) is 14.0 Å². The van der Waals surface area contributed by atoms with Gasteiger partial charge < -0.3 is 9.64 Å². The van der Waals surface area contributed by atoms with Gasteiger partial charge in [0.2, 0.25) is 0 Å². The molecule has 9 heteroatoms. The summed E-state index contributed by atoms with van der Waals surface area (Å²) >= 11 is 0. The quantitative estimate of drug-likeness (QED) is 0.428. The molecule has 3 heterocycles. The lowest BCUT2D eigenvalue weighted by atomic mass is 10.1. The second-order valence-corrected chi connectivity index (χ2v) is 8.63. The molecule has 178 valence electrons. The number of nitrogens with one attached hydrogen (secondary N) is 1. The van der Waals surface area contributed by atoms with Crippen LogP contribution in [0.5, 0.6) is 0 Å². The van der Waals surface area contributed by atoms with Crippen LogP contribution in [0.15, 0.2) is 61.1 Å². The molecule has 8 nitrogen and oxygen atoms in total. The van der Waals surface area contributed by atoms with Gasteiger partial charge in [-0.05, 0) is 73.2 Å². The number of fused-ring (bicyclic) bond motifs is 1. The van der Waals surface area contributed by atoms with Gasteiger partial charge in [-0.15, -0.1) is 0 Å². The van der Waals surface area contributed by atoms with E-state index in [1.165, 1.54) is 37.0 Å². The zero-order valence-corrected chi connectivity index (χ0v) is 19.4. The molecule has 0 saturated heterocycles. The van der Waals surface area contributed by atoms with Gasteiger partial charge in [-0.3, -0.25) is 14.5 Å². The fourth-order valence-electron chi connectivity index (χ4n) is 4.02. The Morgan fingerprint density at radius 1 is 1.14 bits per heavy atom. The monoisotopic (exact) mass is 473 g/mol. The summed E-state index contributed by atoms with van der Waals surface area (Å²) in [6.07, 6.45) is 7.76. The van der Waals surface area contributed by atoms with E-state index in [4.69, 9.17) is 0 Å². The summed E-state index contributed by atoms with van der Waals surface area (Å²) in [6.45, 7) is 0. The zero-order valence-electron chi connectivity index (χ0n) is 19.4. The summed E-state index contributed by atoms with van der Waals surface area (Å²) < 4.78 is 19.9. The third-order valence-corrected chi connectivity index (χ3v) is 6.13. The van der Waals surface area contributed by atoms with Crippen molar-refractivity contribution in [3.63, 3.8) is 0 Å². The Labute approximate surface area is 201 Å². The predicted molar refractivity (Wildman–Crippen MR) is 130 cm³/mol. The molecule has 0 aliphatic heterocycles. The largest absolute Gasteiger partial charge is 0.453 e. The zero-order chi connectivity index (χ0) is 24.5. The lowest BCUT2D eigenvalue weighted by Gasteiger charge is -2.18. The number of aromatic nitrogens is 3. The van der Waals surface area contributed by atoms with E-state index >= 15 is 0 Å². The molecule has 4 aromatic rings. The number of nitrogens with zero attached hydrogens (tertiary/aromatic N) is 4. The molecule has 1 aliphatic rings. The van der Waals surface area contributed by atoms with Crippen molar-refractivity contribution in [2.45, 2.75) is 19.3 Å². The van der Waals surface area contributed by atoms with Crippen LogP contribution in [0.25, 0.3) is 16.9 Å². The highest BCUT2D eigenvalue weighted by atomic mass is 19.1. The Kier molecular flexibility index (Phi) is 5.90. The molecule has 1 N–H and O–H groups in total. The first-order valence-electron chi connectivity index (χ1n) is 11.3. The number of imidazole rings is 1. The fraction of sp³-hybridized carbons (Fsp3) is 0.231. The van der Waals surface area contributed by atoms with Gasteiger partial charge in [0.15, 0.2) is 0 Å². The van der Waals surface area contributed by atoms with Crippen LogP contribution in [0.2, 0.25) is 0 Å². The standard InChI is InChI=1S/C26H24FN5O3/c1-31(21-8-6-20(27)7-9-21)25(33)19-12-18(11-16-3-4-16)24-29-14-22(32(24)15-19)17-5-10-23(28-13-17)30-26(34)35-2/h5-10,12-16H,3-4,11H2,1-2H3,(H,28,30,34). The second kappa shape index (κ2) is 9.17. The van der Waals surface area contributed by atoms with Crippen molar-refractivity contribution in [1.82, 2.24) is 14.4 Å². The van der Waals surface area contributed by atoms with E-state index in [0.717, 1.165) is 28.9 Å². The molecule has 1 saturated carbocycles. The molecule has 2 amide bonds. The first-order valence-corrected chi connectivity index (χ1v) is 11.3. The van der Waals surface area contributed by atoms with Gasteiger partial charge in [0.25, 0.3) is 5.91 Å². The average molecular weight is 474 g/mol. The van der Waals surface area contributed by atoms with Crippen LogP contribution in [0, 0.1) is 11.7 Å². The summed E-state index contributed by atoms with van der Waals surface area (Å²) in [5.41, 5.74) is 4.47. The third kappa shape index (κ3) is 4.70. The molecular formula is C26H24FN5O3. The Balaban J connectivity index is 1.53. The summed E-state index contributed by atoms with van der Waals surface area (Å²) in [5.74, 6) is 0.406. The van der Waals surface area contributed by atoms with E-state index < -0.39 is 6.09 Å². The first-order chi connectivity index (χ1) is 16.9. The molecule has 0 unspecified atom stereocenters. The highest BCUT2D eigenvalue weighted by Gasteiger charge is 2.25. The number of rotatable bonds is 6. The lowest BCUT2D eigenvalue weighted by Crippen LogP contribution is -2.26. The minimum absolute atomic E-state index is 0.203. The third-order valence-electron chi connectivity index (χ3n) is 6.13. The smallest absolute Gasteiger partial charge is 0.412 e. The van der Waals surface area contributed by atoms with Gasteiger partial charge in [0.1, 0.15) is 17.3 Å². The van der Waals surface area contributed by atoms with Gasteiger partial charge in [0.05, 0.1) is 24.6 Å². The van der Waals surface area contributed by atoms with Crippen LogP contribution >= 0.6 is 0 Å². The Morgan fingerprint density at radius 2 is 1.91 bits per heavy atom. The number of anilines is 2. The van der Waals surface area contributed by atoms with Crippen LogP contribution in [-0.2, 0) is 11.2 Å². The van der Waals surface area contributed by atoms with Crippen molar-refractivity contribution >= 4 is 29.2 Å². The predicted octanol–water partition coefficient (Wildman–Crippen LogP) is 4.94. The van der Waals surface area contributed by atoms with Gasteiger partial charge in [0, 0.05) is 30.7 Å². The van der Waals surface area contributed by atoms with Crippen molar-refractivity contribution < 1.29 is 18.7 Å². The molecule has 3 aromatic heterocycles. The van der Waals surface area contributed by atoms with E-state index in [1.807, 2.05) is 16.5 Å². The van der Waals surface area contributed by atoms with Gasteiger partial charge >= 0.3 is 6.09 Å². The van der Waals surface area contributed by atoms with Crippen molar-refractivity contribution in [3.05, 3.63) is 78.0 Å². The Hall–Kier alpha value is -4.27. The van der Waals surface area contributed by atoms with Crippen molar-refractivity contribution in [1.29, 1.82) is 0 Å². The number of pyridine rings is 2. The molecule has 0 spiro atoms. The second-order valence-electron chi connectivity index (χ2n) is 8.63. The number of hydrogen-bond donors (Lipinski definition) is 1. The summed E-state index contributed by atoms with van der Waals surface area (Å²) in [4.78, 5) is 35.3.